The second kappa shape index (κ2) is 16.0. The van der Waals surface area contributed by atoms with Crippen LogP contribution in [0.2, 0.25) is 5.02 Å². The van der Waals surface area contributed by atoms with E-state index in [1.54, 1.807) is 56.3 Å². The van der Waals surface area contributed by atoms with Gasteiger partial charge in [0.1, 0.15) is 6.61 Å². The van der Waals surface area contributed by atoms with Crippen LogP contribution in [-0.2, 0) is 20.9 Å². The third kappa shape index (κ3) is 8.70. The minimum atomic E-state index is -0.782. The van der Waals surface area contributed by atoms with Crippen LogP contribution in [0.3, 0.4) is 0 Å². The highest BCUT2D eigenvalue weighted by molar-refractivity contribution is 9.10. The quantitative estimate of drug-likeness (QED) is 0.121. The molecule has 1 heterocycles. The van der Waals surface area contributed by atoms with Gasteiger partial charge in [-0.05, 0) is 77.3 Å². The van der Waals surface area contributed by atoms with Gasteiger partial charge in [-0.3, -0.25) is 4.79 Å². The number of allylic oxidation sites excluding steroid dienone is 1. The van der Waals surface area contributed by atoms with Gasteiger partial charge in [-0.1, -0.05) is 29.8 Å². The first-order valence-corrected chi connectivity index (χ1v) is 15.1. The average molecular weight is 716 g/mol. The van der Waals surface area contributed by atoms with Gasteiger partial charge in [-0.15, -0.1) is 0 Å². The van der Waals surface area contributed by atoms with Crippen LogP contribution in [0.5, 0.6) is 23.0 Å². The van der Waals surface area contributed by atoms with Crippen molar-refractivity contribution >= 4 is 51.7 Å². The molecule has 0 saturated carbocycles. The summed E-state index contributed by atoms with van der Waals surface area (Å²) in [7, 11) is 2.96. The number of ether oxygens (including phenoxy) is 5. The number of hydrogen-bond acceptors (Lipinski definition) is 9. The molecule has 1 aliphatic rings. The number of carbonyl (C=O) groups is 3. The molecular weight excluding hydrogens is 684 g/mol. The molecule has 3 aromatic carbocycles. The lowest BCUT2D eigenvalue weighted by atomic mass is 9.95. The van der Waals surface area contributed by atoms with Crippen molar-refractivity contribution in [2.24, 2.45) is 5.10 Å². The first kappa shape index (κ1) is 34.1. The minimum Gasteiger partial charge on any atom is -0.493 e. The predicted molar refractivity (Wildman–Crippen MR) is 174 cm³/mol. The van der Waals surface area contributed by atoms with Crippen LogP contribution in [0.15, 0.2) is 75.4 Å². The highest BCUT2D eigenvalue weighted by atomic mass is 79.9. The molecule has 242 valence electrons. The molecule has 3 amide bonds. The van der Waals surface area contributed by atoms with E-state index in [9.17, 15) is 14.4 Å². The fourth-order valence-corrected chi connectivity index (χ4v) is 4.97. The Morgan fingerprint density at radius 2 is 1.72 bits per heavy atom. The normalized spacial score (nSPS) is 14.3. The van der Waals surface area contributed by atoms with Crippen molar-refractivity contribution in [1.29, 1.82) is 0 Å². The molecule has 0 unspecified atom stereocenters. The third-order valence-electron chi connectivity index (χ3n) is 6.63. The highest BCUT2D eigenvalue weighted by Crippen LogP contribution is 2.35. The summed E-state index contributed by atoms with van der Waals surface area (Å²) in [6, 6.07) is 14.4. The second-order valence-corrected chi connectivity index (χ2v) is 11.0. The van der Waals surface area contributed by atoms with Crippen molar-refractivity contribution in [3.8, 4) is 23.0 Å². The van der Waals surface area contributed by atoms with Crippen LogP contribution in [0.1, 0.15) is 36.6 Å². The van der Waals surface area contributed by atoms with Crippen molar-refractivity contribution in [2.75, 3.05) is 27.4 Å². The monoisotopic (exact) mass is 714 g/mol. The molecular formula is C32H32BrClN4O8. The molecule has 3 aromatic rings. The molecule has 0 fully saturated rings. The molecule has 46 heavy (non-hydrogen) atoms. The summed E-state index contributed by atoms with van der Waals surface area (Å²) in [5, 5.41) is 9.99. The van der Waals surface area contributed by atoms with Crippen molar-refractivity contribution in [2.45, 2.75) is 26.5 Å². The maximum absolute atomic E-state index is 12.6. The molecule has 0 bridgehead atoms. The standard InChI is InChI=1S/C32H32BrClN4O8/c1-5-44-31(40)29-18(2)36-32(41)37-30(29)20-8-11-24(25(12-20)42-3)46-17-28(39)38-35-15-21-13-26(43-4)27(14-23(21)33)45-16-19-6-9-22(34)10-7-19/h6-15,30H,5,16-17H2,1-4H3,(H,38,39)(H2,36,37,41)/b35-15-/t30-/m0/s1. The number of hydrazone groups is 1. The molecule has 0 aliphatic carbocycles. The predicted octanol–water partition coefficient (Wildman–Crippen LogP) is 5.42. The number of carbonyl (C=O) groups excluding carboxylic acids is 3. The van der Waals surface area contributed by atoms with Crippen molar-refractivity contribution in [3.05, 3.63) is 92.1 Å². The van der Waals surface area contributed by atoms with Gasteiger partial charge in [0.25, 0.3) is 5.91 Å². The van der Waals surface area contributed by atoms with Crippen LogP contribution in [0.25, 0.3) is 0 Å². The topological polar surface area (TPSA) is 146 Å². The molecule has 3 N–H and O–H groups in total. The van der Waals surface area contributed by atoms with E-state index in [1.165, 1.54) is 20.4 Å². The Labute approximate surface area is 279 Å². The maximum Gasteiger partial charge on any atom is 0.338 e. The number of urea groups is 1. The fraction of sp³-hybridized carbons (Fsp3) is 0.250. The van der Waals surface area contributed by atoms with Gasteiger partial charge in [0.2, 0.25) is 0 Å². The first-order valence-electron chi connectivity index (χ1n) is 14.0. The lowest BCUT2D eigenvalue weighted by Crippen LogP contribution is -2.45. The van der Waals surface area contributed by atoms with Gasteiger partial charge >= 0.3 is 12.0 Å². The summed E-state index contributed by atoms with van der Waals surface area (Å²) < 4.78 is 28.4. The zero-order valence-corrected chi connectivity index (χ0v) is 27.8. The molecule has 0 radical (unpaired) electrons. The first-order chi connectivity index (χ1) is 22.1. The Hall–Kier alpha value is -4.75. The summed E-state index contributed by atoms with van der Waals surface area (Å²) in [5.74, 6) is 0.472. The zero-order chi connectivity index (χ0) is 33.2. The Balaban J connectivity index is 1.37. The number of amides is 3. The molecule has 14 heteroatoms. The highest BCUT2D eigenvalue weighted by Gasteiger charge is 2.32. The fourth-order valence-electron chi connectivity index (χ4n) is 4.42. The van der Waals surface area contributed by atoms with E-state index in [2.05, 4.69) is 37.1 Å². The van der Waals surface area contributed by atoms with Crippen LogP contribution in [0, 0.1) is 0 Å². The van der Waals surface area contributed by atoms with Crippen LogP contribution < -0.4 is 35.0 Å². The number of nitrogens with one attached hydrogen (secondary N) is 3. The average Bonchev–Trinajstić information content (AvgIpc) is 3.03. The number of halogens is 2. The summed E-state index contributed by atoms with van der Waals surface area (Å²) in [4.78, 5) is 37.3. The molecule has 12 nitrogen and oxygen atoms in total. The molecule has 0 spiro atoms. The summed E-state index contributed by atoms with van der Waals surface area (Å²) in [5.41, 5.74) is 5.19. The van der Waals surface area contributed by atoms with E-state index < -0.39 is 23.9 Å². The van der Waals surface area contributed by atoms with Gasteiger partial charge in [0.15, 0.2) is 29.6 Å². The summed E-state index contributed by atoms with van der Waals surface area (Å²) >= 11 is 9.45. The van der Waals surface area contributed by atoms with Gasteiger partial charge in [-0.25, -0.2) is 15.0 Å². The largest absolute Gasteiger partial charge is 0.493 e. The molecule has 4 rings (SSSR count). The van der Waals surface area contributed by atoms with E-state index in [-0.39, 0.29) is 30.3 Å². The number of rotatable bonds is 13. The Kier molecular flexibility index (Phi) is 11.9. The smallest absolute Gasteiger partial charge is 0.338 e. The lowest BCUT2D eigenvalue weighted by Gasteiger charge is -2.28. The number of hydrogen-bond donors (Lipinski definition) is 3. The molecule has 1 atom stereocenters. The SMILES string of the molecule is CCOC(=O)C1=C(C)NC(=O)N[C@H]1c1ccc(OCC(=O)N/N=C\c2cc(OC)c(OCc3ccc(Cl)cc3)cc2Br)c(OC)c1. The van der Waals surface area contributed by atoms with E-state index in [0.29, 0.717) is 44.4 Å². The number of benzene rings is 3. The molecule has 1 aliphatic heterocycles. The Morgan fingerprint density at radius 3 is 2.41 bits per heavy atom. The number of nitrogens with zero attached hydrogens (tertiary/aromatic N) is 1. The van der Waals surface area contributed by atoms with E-state index in [4.69, 9.17) is 35.3 Å². The zero-order valence-electron chi connectivity index (χ0n) is 25.4. The molecule has 0 saturated heterocycles. The Bertz CT molecular complexity index is 1660. The minimum absolute atomic E-state index is 0.178. The van der Waals surface area contributed by atoms with E-state index >= 15 is 0 Å². The van der Waals surface area contributed by atoms with Gasteiger partial charge in [0.05, 0.1) is 38.7 Å². The summed E-state index contributed by atoms with van der Waals surface area (Å²) in [6.45, 7) is 3.44. The van der Waals surface area contributed by atoms with Gasteiger partial charge < -0.3 is 34.3 Å². The third-order valence-corrected chi connectivity index (χ3v) is 7.57. The molecule has 0 aromatic heterocycles. The Morgan fingerprint density at radius 1 is 1.00 bits per heavy atom. The summed E-state index contributed by atoms with van der Waals surface area (Å²) in [6.07, 6.45) is 1.45. The van der Waals surface area contributed by atoms with Gasteiger partial charge in [0, 0.05) is 20.8 Å². The van der Waals surface area contributed by atoms with E-state index in [0.717, 1.165) is 5.56 Å². The van der Waals surface area contributed by atoms with Crippen LogP contribution in [-0.4, -0.2) is 51.6 Å². The lowest BCUT2D eigenvalue weighted by molar-refractivity contribution is -0.139. The second-order valence-electron chi connectivity index (χ2n) is 9.72. The van der Waals surface area contributed by atoms with Crippen LogP contribution >= 0.6 is 27.5 Å². The van der Waals surface area contributed by atoms with Gasteiger partial charge in [-0.2, -0.15) is 5.10 Å². The maximum atomic E-state index is 12.6. The number of esters is 1. The van der Waals surface area contributed by atoms with E-state index in [1.807, 2.05) is 12.1 Å². The number of methoxy groups -OCH3 is 2. The van der Waals surface area contributed by atoms with Crippen molar-refractivity contribution in [1.82, 2.24) is 16.1 Å². The van der Waals surface area contributed by atoms with Crippen LogP contribution in [0.4, 0.5) is 4.79 Å². The van der Waals surface area contributed by atoms with Crippen molar-refractivity contribution < 1.29 is 38.1 Å². The van der Waals surface area contributed by atoms with Crippen molar-refractivity contribution in [3.63, 3.8) is 0 Å².